The molecule has 4 fully saturated rings. The minimum atomic E-state index is 0. The number of hydrogen-bond donors (Lipinski definition) is 0. The monoisotopic (exact) mass is 848 g/mol. The summed E-state index contributed by atoms with van der Waals surface area (Å²) in [6.07, 6.45) is 8.98. The van der Waals surface area contributed by atoms with Crippen LogP contribution in [-0.2, 0) is 19.6 Å². The SMILES string of the molecule is C.Cc1ccc(C(C)N2CCC(n3c(=O)n(CC4CC4)c4cc(Cl)ccc43)CC2)cc1.Cc1ccc2c(c1)n(CC1CC1)c(=O)n2C1CCN(Cc2ccccc2Cl)CC1. The lowest BCUT2D eigenvalue weighted by Crippen LogP contribution is -2.39. The summed E-state index contributed by atoms with van der Waals surface area (Å²) in [6.45, 7) is 13.1. The second-order valence-electron chi connectivity index (χ2n) is 18.0. The highest BCUT2D eigenvalue weighted by molar-refractivity contribution is 6.31. The first kappa shape index (κ1) is 42.6. The predicted octanol–water partition coefficient (Wildman–Crippen LogP) is 11.2. The van der Waals surface area contributed by atoms with E-state index >= 15 is 0 Å². The Hall–Kier alpha value is -4.08. The van der Waals surface area contributed by atoms with Gasteiger partial charge < -0.3 is 0 Å². The van der Waals surface area contributed by atoms with Gasteiger partial charge in [0.15, 0.2) is 0 Å². The number of likely N-dealkylation sites (tertiary alicyclic amines) is 2. The summed E-state index contributed by atoms with van der Waals surface area (Å²) in [4.78, 5) is 31.8. The van der Waals surface area contributed by atoms with Gasteiger partial charge in [-0.2, -0.15) is 0 Å². The highest BCUT2D eigenvalue weighted by Crippen LogP contribution is 2.35. The van der Waals surface area contributed by atoms with Crippen LogP contribution in [0.25, 0.3) is 22.1 Å². The second-order valence-corrected chi connectivity index (χ2v) is 18.8. The third kappa shape index (κ3) is 9.09. The van der Waals surface area contributed by atoms with Crippen LogP contribution >= 0.6 is 23.2 Å². The van der Waals surface area contributed by atoms with Gasteiger partial charge in [-0.1, -0.05) is 84.7 Å². The summed E-state index contributed by atoms with van der Waals surface area (Å²) in [5, 5.41) is 1.54. The van der Waals surface area contributed by atoms with Crippen LogP contribution in [0.1, 0.15) is 106 Å². The molecule has 10 rings (SSSR count). The molecule has 4 aliphatic rings. The molecule has 60 heavy (non-hydrogen) atoms. The number of halogens is 2. The summed E-state index contributed by atoms with van der Waals surface area (Å²) >= 11 is 12.6. The number of imidazole rings is 2. The molecular formula is C50H62Cl2N6O2. The lowest BCUT2D eigenvalue weighted by Gasteiger charge is -2.36. The molecule has 0 spiro atoms. The van der Waals surface area contributed by atoms with E-state index < -0.39 is 0 Å². The number of hydrogen-bond acceptors (Lipinski definition) is 4. The Morgan fingerprint density at radius 1 is 0.600 bits per heavy atom. The fraction of sp³-hybridized carbons (Fsp3) is 0.480. The van der Waals surface area contributed by atoms with Gasteiger partial charge in [0.25, 0.3) is 0 Å². The molecular weight excluding hydrogens is 787 g/mol. The number of fused-ring (bicyclic) bond motifs is 2. The van der Waals surface area contributed by atoms with Crippen molar-refractivity contribution in [2.45, 2.75) is 117 Å². The summed E-state index contributed by atoms with van der Waals surface area (Å²) in [7, 11) is 0. The van der Waals surface area contributed by atoms with Crippen LogP contribution in [-0.4, -0.2) is 54.2 Å². The predicted molar refractivity (Wildman–Crippen MR) is 249 cm³/mol. The van der Waals surface area contributed by atoms with Crippen molar-refractivity contribution in [3.05, 3.63) is 138 Å². The number of aromatic nitrogens is 4. The third-order valence-corrected chi connectivity index (χ3v) is 14.2. The molecule has 318 valence electrons. The molecule has 0 radical (unpaired) electrons. The normalized spacial score (nSPS) is 18.7. The lowest BCUT2D eigenvalue weighted by molar-refractivity contribution is 0.143. The summed E-state index contributed by atoms with van der Waals surface area (Å²) in [5.41, 5.74) is 9.64. The van der Waals surface area contributed by atoms with Gasteiger partial charge in [0.2, 0.25) is 0 Å². The average molecular weight is 850 g/mol. The van der Waals surface area contributed by atoms with Crippen molar-refractivity contribution in [3.63, 3.8) is 0 Å². The molecule has 2 aliphatic heterocycles. The molecule has 8 nitrogen and oxygen atoms in total. The van der Waals surface area contributed by atoms with Crippen molar-refractivity contribution in [2.24, 2.45) is 11.8 Å². The van der Waals surface area contributed by atoms with E-state index in [0.717, 1.165) is 98.6 Å². The molecule has 1 atom stereocenters. The van der Waals surface area contributed by atoms with E-state index in [9.17, 15) is 9.59 Å². The van der Waals surface area contributed by atoms with E-state index in [1.54, 1.807) is 0 Å². The van der Waals surface area contributed by atoms with Crippen molar-refractivity contribution < 1.29 is 0 Å². The fourth-order valence-corrected chi connectivity index (χ4v) is 9.97. The zero-order valence-corrected chi connectivity index (χ0v) is 36.3. The lowest BCUT2D eigenvalue weighted by atomic mass is 9.99. The van der Waals surface area contributed by atoms with Crippen LogP contribution in [0.15, 0.2) is 94.5 Å². The zero-order chi connectivity index (χ0) is 40.8. The van der Waals surface area contributed by atoms with Crippen molar-refractivity contribution >= 4 is 45.3 Å². The maximum Gasteiger partial charge on any atom is 0.329 e. The molecule has 2 saturated heterocycles. The van der Waals surface area contributed by atoms with Crippen LogP contribution in [0.3, 0.4) is 0 Å². The highest BCUT2D eigenvalue weighted by atomic mass is 35.5. The van der Waals surface area contributed by atoms with Gasteiger partial charge in [0.05, 0.1) is 22.1 Å². The largest absolute Gasteiger partial charge is 0.329 e. The van der Waals surface area contributed by atoms with E-state index in [0.29, 0.717) is 22.9 Å². The maximum atomic E-state index is 13.4. The highest BCUT2D eigenvalue weighted by Gasteiger charge is 2.31. The minimum absolute atomic E-state index is 0. The molecule has 4 aromatic carbocycles. The number of aryl methyl sites for hydroxylation is 2. The topological polar surface area (TPSA) is 60.3 Å². The van der Waals surface area contributed by atoms with Gasteiger partial charge in [-0.15, -0.1) is 0 Å². The van der Waals surface area contributed by atoms with Gasteiger partial charge in [-0.3, -0.25) is 28.1 Å². The first-order chi connectivity index (χ1) is 28.6. The van der Waals surface area contributed by atoms with E-state index in [-0.39, 0.29) is 30.9 Å². The van der Waals surface area contributed by atoms with E-state index in [1.807, 2.05) is 45.5 Å². The van der Waals surface area contributed by atoms with Crippen molar-refractivity contribution in [3.8, 4) is 0 Å². The smallest absolute Gasteiger partial charge is 0.299 e. The summed E-state index contributed by atoms with van der Waals surface area (Å²) in [6, 6.07) is 30.2. The Kier molecular flexibility index (Phi) is 12.9. The third-order valence-electron chi connectivity index (χ3n) is 13.6. The van der Waals surface area contributed by atoms with E-state index in [4.69, 9.17) is 23.2 Å². The Balaban J connectivity index is 0.000000164. The Morgan fingerprint density at radius 2 is 1.12 bits per heavy atom. The number of piperidine rings is 2. The van der Waals surface area contributed by atoms with Crippen LogP contribution in [0.4, 0.5) is 0 Å². The standard InChI is InChI=1S/C25H30ClN3O.C24H28ClN3O.CH4/c1-17-3-7-20(8-4-17)18(2)27-13-11-22(12-14-27)29-23-10-9-21(26)15-24(23)28(25(29)30)16-19-5-6-19;1-17-6-9-22-23(14-17)27(15-18-7-8-18)24(29)28(22)20-10-12-26(13-11-20)16-19-4-2-3-5-21(19)25;/h3-4,7-10,15,18-19,22H,5-6,11-14,16H2,1-2H3;2-6,9,14,18,20H,7-8,10-13,15-16H2,1H3;1H4. The van der Waals surface area contributed by atoms with Gasteiger partial charge in [0.1, 0.15) is 0 Å². The van der Waals surface area contributed by atoms with Gasteiger partial charge >= 0.3 is 11.4 Å². The average Bonchev–Trinajstić information content (AvgIpc) is 4.19. The molecule has 2 aliphatic carbocycles. The zero-order valence-electron chi connectivity index (χ0n) is 34.8. The fourth-order valence-electron chi connectivity index (χ4n) is 9.61. The number of benzene rings is 4. The Morgan fingerprint density at radius 3 is 1.68 bits per heavy atom. The van der Waals surface area contributed by atoms with Crippen molar-refractivity contribution in [1.82, 2.24) is 28.1 Å². The molecule has 0 N–H and O–H groups in total. The molecule has 1 unspecified atom stereocenters. The Labute approximate surface area is 365 Å². The first-order valence-corrected chi connectivity index (χ1v) is 22.7. The molecule has 6 aromatic rings. The van der Waals surface area contributed by atoms with Crippen LogP contribution < -0.4 is 11.4 Å². The number of nitrogens with zero attached hydrogens (tertiary/aromatic N) is 6. The van der Waals surface area contributed by atoms with Crippen molar-refractivity contribution in [2.75, 3.05) is 26.2 Å². The van der Waals surface area contributed by atoms with E-state index in [2.05, 4.69) is 88.2 Å². The molecule has 0 bridgehead atoms. The number of rotatable bonds is 10. The van der Waals surface area contributed by atoms with Gasteiger partial charge in [0, 0.05) is 74.0 Å². The first-order valence-electron chi connectivity index (χ1n) is 22.0. The second kappa shape index (κ2) is 18.1. The van der Waals surface area contributed by atoms with Crippen molar-refractivity contribution in [1.29, 1.82) is 0 Å². The quantitative estimate of drug-likeness (QED) is 0.138. The molecule has 0 amide bonds. The van der Waals surface area contributed by atoms with Gasteiger partial charge in [-0.05, 0) is 137 Å². The Bertz CT molecular complexity index is 2540. The molecule has 4 heterocycles. The van der Waals surface area contributed by atoms with Crippen LogP contribution in [0, 0.1) is 25.7 Å². The molecule has 2 aromatic heterocycles. The van der Waals surface area contributed by atoms with E-state index in [1.165, 1.54) is 47.9 Å². The molecule has 2 saturated carbocycles. The van der Waals surface area contributed by atoms with Gasteiger partial charge in [-0.25, -0.2) is 9.59 Å². The van der Waals surface area contributed by atoms with Crippen LogP contribution in [0.2, 0.25) is 10.0 Å². The summed E-state index contributed by atoms with van der Waals surface area (Å²) in [5.74, 6) is 1.34. The van der Waals surface area contributed by atoms with Crippen LogP contribution in [0.5, 0.6) is 0 Å². The minimum Gasteiger partial charge on any atom is -0.299 e. The maximum absolute atomic E-state index is 13.4. The molecule has 10 heteroatoms. The summed E-state index contributed by atoms with van der Waals surface area (Å²) < 4.78 is 8.15.